The molecule has 0 heterocycles. The molecule has 0 bridgehead atoms. The van der Waals surface area contributed by atoms with Crippen LogP contribution in [-0.4, -0.2) is 0 Å². The molecular formula is C20H33Cl. The number of aryl methyl sites for hydroxylation is 1. The van der Waals surface area contributed by atoms with Crippen LogP contribution in [0.4, 0.5) is 0 Å². The lowest BCUT2D eigenvalue weighted by Crippen LogP contribution is -1.92. The summed E-state index contributed by atoms with van der Waals surface area (Å²) in [5, 5.41) is 0.187. The standard InChI is InChI=1S/C20H33Cl/c1-3-5-6-7-8-9-10-11-13-18-14-16-19(17-15-18)20(21)12-4-2/h14-17,20H,3-13H2,1-2H3. The van der Waals surface area contributed by atoms with Gasteiger partial charge in [-0.2, -0.15) is 0 Å². The second kappa shape index (κ2) is 12.1. The van der Waals surface area contributed by atoms with Crippen molar-refractivity contribution < 1.29 is 0 Å². The maximum atomic E-state index is 6.36. The molecule has 0 aliphatic heterocycles. The molecule has 0 aliphatic carbocycles. The molecule has 1 unspecified atom stereocenters. The topological polar surface area (TPSA) is 0 Å². The highest BCUT2D eigenvalue weighted by atomic mass is 35.5. The molecule has 0 N–H and O–H groups in total. The fourth-order valence-corrected chi connectivity index (χ4v) is 3.14. The molecule has 1 aromatic carbocycles. The fourth-order valence-electron chi connectivity index (χ4n) is 2.78. The Morgan fingerprint density at radius 3 is 1.90 bits per heavy atom. The number of hydrogen-bond donors (Lipinski definition) is 0. The molecule has 1 heteroatoms. The number of halogens is 1. The molecule has 1 aromatic rings. The molecule has 0 spiro atoms. The predicted molar refractivity (Wildman–Crippen MR) is 96.3 cm³/mol. The first-order valence-electron chi connectivity index (χ1n) is 9.00. The van der Waals surface area contributed by atoms with Gasteiger partial charge in [-0.3, -0.25) is 0 Å². The molecule has 0 aromatic heterocycles. The SMILES string of the molecule is CCCCCCCCCCc1ccc(C(Cl)CCC)cc1. The molecule has 0 saturated heterocycles. The molecule has 1 rings (SSSR count). The Kier molecular flexibility index (Phi) is 10.7. The molecule has 21 heavy (non-hydrogen) atoms. The smallest absolute Gasteiger partial charge is 0.0585 e. The van der Waals surface area contributed by atoms with Crippen LogP contribution in [0.1, 0.15) is 94.6 Å². The summed E-state index contributed by atoms with van der Waals surface area (Å²) in [6, 6.07) is 8.96. The Bertz CT molecular complexity index is 341. The first kappa shape index (κ1) is 18.6. The van der Waals surface area contributed by atoms with Gasteiger partial charge in [-0.1, -0.05) is 89.5 Å². The summed E-state index contributed by atoms with van der Waals surface area (Å²) in [6.07, 6.45) is 14.6. The second-order valence-electron chi connectivity index (χ2n) is 6.22. The van der Waals surface area contributed by atoms with Gasteiger partial charge >= 0.3 is 0 Å². The van der Waals surface area contributed by atoms with Crippen molar-refractivity contribution in [2.24, 2.45) is 0 Å². The van der Waals surface area contributed by atoms with Gasteiger partial charge in [-0.15, -0.1) is 11.6 Å². The molecule has 0 saturated carbocycles. The monoisotopic (exact) mass is 308 g/mol. The lowest BCUT2D eigenvalue weighted by atomic mass is 10.0. The normalized spacial score (nSPS) is 12.5. The first-order valence-corrected chi connectivity index (χ1v) is 9.44. The van der Waals surface area contributed by atoms with E-state index in [2.05, 4.69) is 38.1 Å². The van der Waals surface area contributed by atoms with Crippen molar-refractivity contribution >= 4 is 11.6 Å². The largest absolute Gasteiger partial charge is 0.118 e. The van der Waals surface area contributed by atoms with Crippen molar-refractivity contribution in [2.75, 3.05) is 0 Å². The van der Waals surface area contributed by atoms with E-state index < -0.39 is 0 Å². The average Bonchev–Trinajstić information content (AvgIpc) is 2.51. The van der Waals surface area contributed by atoms with E-state index in [4.69, 9.17) is 11.6 Å². The maximum absolute atomic E-state index is 6.36. The van der Waals surface area contributed by atoms with E-state index in [0.717, 1.165) is 12.8 Å². The van der Waals surface area contributed by atoms with Crippen LogP contribution in [-0.2, 0) is 6.42 Å². The van der Waals surface area contributed by atoms with Crippen LogP contribution in [0, 0.1) is 0 Å². The highest BCUT2D eigenvalue weighted by Gasteiger charge is 2.05. The zero-order chi connectivity index (χ0) is 15.3. The summed E-state index contributed by atoms with van der Waals surface area (Å²) in [7, 11) is 0. The quantitative estimate of drug-likeness (QED) is 0.278. The molecule has 0 radical (unpaired) electrons. The van der Waals surface area contributed by atoms with Crippen molar-refractivity contribution in [2.45, 2.75) is 89.9 Å². The number of unbranched alkanes of at least 4 members (excludes halogenated alkanes) is 7. The molecular weight excluding hydrogens is 276 g/mol. The van der Waals surface area contributed by atoms with E-state index >= 15 is 0 Å². The zero-order valence-electron chi connectivity index (χ0n) is 14.0. The minimum Gasteiger partial charge on any atom is -0.118 e. The van der Waals surface area contributed by atoms with Crippen LogP contribution in [0.3, 0.4) is 0 Å². The van der Waals surface area contributed by atoms with Crippen LogP contribution in [0.2, 0.25) is 0 Å². The van der Waals surface area contributed by atoms with Crippen molar-refractivity contribution in [3.8, 4) is 0 Å². The second-order valence-corrected chi connectivity index (χ2v) is 6.75. The minimum absolute atomic E-state index is 0.187. The van der Waals surface area contributed by atoms with Crippen molar-refractivity contribution in [1.29, 1.82) is 0 Å². The summed E-state index contributed by atoms with van der Waals surface area (Å²) in [5.74, 6) is 0. The minimum atomic E-state index is 0.187. The van der Waals surface area contributed by atoms with Gasteiger partial charge in [0.25, 0.3) is 0 Å². The molecule has 0 amide bonds. The third-order valence-electron chi connectivity index (χ3n) is 4.20. The van der Waals surface area contributed by atoms with Crippen LogP contribution in [0.5, 0.6) is 0 Å². The predicted octanol–water partition coefficient (Wildman–Crippen LogP) is 7.45. The molecule has 120 valence electrons. The van der Waals surface area contributed by atoms with E-state index in [1.54, 1.807) is 0 Å². The molecule has 0 nitrogen and oxygen atoms in total. The number of rotatable bonds is 12. The summed E-state index contributed by atoms with van der Waals surface area (Å²) in [4.78, 5) is 0. The first-order chi connectivity index (χ1) is 10.3. The summed E-state index contributed by atoms with van der Waals surface area (Å²) >= 11 is 6.36. The summed E-state index contributed by atoms with van der Waals surface area (Å²) < 4.78 is 0. The Balaban J connectivity index is 2.12. The molecule has 0 aliphatic rings. The third kappa shape index (κ3) is 8.51. The fraction of sp³-hybridized carbons (Fsp3) is 0.700. The van der Waals surface area contributed by atoms with Crippen molar-refractivity contribution in [3.05, 3.63) is 35.4 Å². The Morgan fingerprint density at radius 2 is 1.33 bits per heavy atom. The van der Waals surface area contributed by atoms with Crippen molar-refractivity contribution in [1.82, 2.24) is 0 Å². The third-order valence-corrected chi connectivity index (χ3v) is 4.67. The Morgan fingerprint density at radius 1 is 0.762 bits per heavy atom. The van der Waals surface area contributed by atoms with Gasteiger partial charge in [0, 0.05) is 0 Å². The lowest BCUT2D eigenvalue weighted by molar-refractivity contribution is 0.575. The van der Waals surface area contributed by atoms with Gasteiger partial charge in [0.15, 0.2) is 0 Å². The molecule has 1 atom stereocenters. The van der Waals surface area contributed by atoms with Crippen molar-refractivity contribution in [3.63, 3.8) is 0 Å². The van der Waals surface area contributed by atoms with Gasteiger partial charge in [0.2, 0.25) is 0 Å². The number of hydrogen-bond acceptors (Lipinski definition) is 0. The van der Waals surface area contributed by atoms with Gasteiger partial charge in [-0.25, -0.2) is 0 Å². The van der Waals surface area contributed by atoms with Gasteiger partial charge in [-0.05, 0) is 30.4 Å². The number of alkyl halides is 1. The highest BCUT2D eigenvalue weighted by molar-refractivity contribution is 6.20. The maximum Gasteiger partial charge on any atom is 0.0585 e. The average molecular weight is 309 g/mol. The summed E-state index contributed by atoms with van der Waals surface area (Å²) in [5.41, 5.74) is 2.74. The van der Waals surface area contributed by atoms with Gasteiger partial charge < -0.3 is 0 Å². The molecule has 0 fully saturated rings. The van der Waals surface area contributed by atoms with Gasteiger partial charge in [0.05, 0.1) is 5.38 Å². The van der Waals surface area contributed by atoms with E-state index in [1.807, 2.05) is 0 Å². The van der Waals surface area contributed by atoms with E-state index in [9.17, 15) is 0 Å². The van der Waals surface area contributed by atoms with Crippen LogP contribution in [0.25, 0.3) is 0 Å². The van der Waals surface area contributed by atoms with Crippen LogP contribution < -0.4 is 0 Å². The van der Waals surface area contributed by atoms with E-state index in [0.29, 0.717) is 0 Å². The van der Waals surface area contributed by atoms with Gasteiger partial charge in [0.1, 0.15) is 0 Å². The number of benzene rings is 1. The Labute approximate surface area is 137 Å². The Hall–Kier alpha value is -0.490. The van der Waals surface area contributed by atoms with Crippen LogP contribution >= 0.6 is 11.6 Å². The van der Waals surface area contributed by atoms with E-state index in [1.165, 1.54) is 68.9 Å². The van der Waals surface area contributed by atoms with E-state index in [-0.39, 0.29) is 5.38 Å². The highest BCUT2D eigenvalue weighted by Crippen LogP contribution is 2.25. The zero-order valence-corrected chi connectivity index (χ0v) is 14.8. The van der Waals surface area contributed by atoms with Crippen LogP contribution in [0.15, 0.2) is 24.3 Å². The summed E-state index contributed by atoms with van der Waals surface area (Å²) in [6.45, 7) is 4.46. The lowest BCUT2D eigenvalue weighted by Gasteiger charge is -2.09.